The molecule has 0 unspecified atom stereocenters. The molecule has 1 aliphatic carbocycles. The van der Waals surface area contributed by atoms with Crippen molar-refractivity contribution in [2.45, 2.75) is 90.6 Å². The topological polar surface area (TPSA) is 32.8 Å². The number of hydrogen-bond donors (Lipinski definition) is 0. The molecule has 35 heavy (non-hydrogen) atoms. The van der Waals surface area contributed by atoms with E-state index in [2.05, 4.69) is 60.0 Å². The summed E-state index contributed by atoms with van der Waals surface area (Å²) >= 11 is 0. The van der Waals surface area contributed by atoms with Gasteiger partial charge in [-0.1, -0.05) is 62.4 Å². The Morgan fingerprint density at radius 1 is 0.914 bits per heavy atom. The molecule has 4 rings (SSSR count). The lowest BCUT2D eigenvalue weighted by molar-refractivity contribution is -0.136. The Labute approximate surface area is 212 Å². The van der Waals surface area contributed by atoms with Crippen LogP contribution >= 0.6 is 0 Å². The fourth-order valence-corrected chi connectivity index (χ4v) is 5.65. The highest BCUT2D eigenvalue weighted by atomic mass is 16.5. The Balaban J connectivity index is 1.26. The summed E-state index contributed by atoms with van der Waals surface area (Å²) in [6, 6.07) is 17.1. The van der Waals surface area contributed by atoms with Gasteiger partial charge in [0.2, 0.25) is 5.91 Å². The number of carbonyl (C=O) groups excluding carboxylic acids is 1. The van der Waals surface area contributed by atoms with E-state index in [0.717, 1.165) is 69.8 Å². The normalized spacial score (nSPS) is 17.9. The van der Waals surface area contributed by atoms with Gasteiger partial charge in [0, 0.05) is 38.6 Å². The van der Waals surface area contributed by atoms with Crippen LogP contribution in [0.15, 0.2) is 48.5 Å². The summed E-state index contributed by atoms with van der Waals surface area (Å²) in [5.41, 5.74) is 2.55. The van der Waals surface area contributed by atoms with Crippen molar-refractivity contribution in [3.8, 4) is 11.5 Å². The van der Waals surface area contributed by atoms with Crippen LogP contribution in [0.3, 0.4) is 0 Å². The zero-order valence-corrected chi connectivity index (χ0v) is 21.9. The molecular weight excluding hydrogens is 432 g/mol. The van der Waals surface area contributed by atoms with Crippen LogP contribution in [0, 0.1) is 12.8 Å². The van der Waals surface area contributed by atoms with E-state index in [1.54, 1.807) is 0 Å². The van der Waals surface area contributed by atoms with Crippen LogP contribution in [0.5, 0.6) is 11.5 Å². The molecule has 0 atom stereocenters. The van der Waals surface area contributed by atoms with E-state index in [-0.39, 0.29) is 0 Å². The van der Waals surface area contributed by atoms with Crippen molar-refractivity contribution >= 4 is 5.91 Å². The molecule has 1 heterocycles. The zero-order chi connectivity index (χ0) is 24.5. The van der Waals surface area contributed by atoms with Crippen LogP contribution in [0.25, 0.3) is 0 Å². The Hall–Kier alpha value is -2.33. The lowest BCUT2D eigenvalue weighted by atomic mass is 9.86. The Kier molecular flexibility index (Phi) is 9.65. The van der Waals surface area contributed by atoms with Crippen molar-refractivity contribution in [1.82, 2.24) is 9.80 Å². The highest BCUT2D eigenvalue weighted by Crippen LogP contribution is 2.29. The highest BCUT2D eigenvalue weighted by Gasteiger charge is 2.29. The van der Waals surface area contributed by atoms with Crippen molar-refractivity contribution in [3.63, 3.8) is 0 Å². The van der Waals surface area contributed by atoms with E-state index < -0.39 is 0 Å². The summed E-state index contributed by atoms with van der Waals surface area (Å²) in [5.74, 6) is 2.79. The second kappa shape index (κ2) is 13.1. The first-order chi connectivity index (χ1) is 17.1. The van der Waals surface area contributed by atoms with E-state index in [1.165, 1.54) is 43.2 Å². The second-order valence-corrected chi connectivity index (χ2v) is 10.7. The molecule has 2 aromatic rings. The van der Waals surface area contributed by atoms with Gasteiger partial charge in [-0.15, -0.1) is 0 Å². The van der Waals surface area contributed by atoms with Gasteiger partial charge in [-0.25, -0.2) is 0 Å². The third-order valence-corrected chi connectivity index (χ3v) is 7.85. The molecular formula is C31H44N2O2. The number of unbranched alkanes of at least 4 members (excludes halogenated alkanes) is 1. The van der Waals surface area contributed by atoms with Crippen molar-refractivity contribution in [2.75, 3.05) is 19.6 Å². The number of rotatable bonds is 10. The predicted molar refractivity (Wildman–Crippen MR) is 144 cm³/mol. The first kappa shape index (κ1) is 25.8. The molecule has 0 radical (unpaired) electrons. The van der Waals surface area contributed by atoms with Crippen LogP contribution in [-0.4, -0.2) is 41.4 Å². The highest BCUT2D eigenvalue weighted by molar-refractivity contribution is 5.76. The molecule has 4 heteroatoms. The minimum atomic E-state index is 0.416. The maximum atomic E-state index is 13.3. The summed E-state index contributed by atoms with van der Waals surface area (Å²) in [6.45, 7) is 8.33. The van der Waals surface area contributed by atoms with Crippen LogP contribution in [-0.2, 0) is 11.3 Å². The monoisotopic (exact) mass is 476 g/mol. The molecule has 1 saturated carbocycles. The van der Waals surface area contributed by atoms with Crippen molar-refractivity contribution in [1.29, 1.82) is 0 Å². The van der Waals surface area contributed by atoms with Gasteiger partial charge in [-0.2, -0.15) is 0 Å². The average Bonchev–Trinajstić information content (AvgIpc) is 2.88. The third kappa shape index (κ3) is 7.83. The minimum Gasteiger partial charge on any atom is -0.457 e. The predicted octanol–water partition coefficient (Wildman–Crippen LogP) is 7.35. The summed E-state index contributed by atoms with van der Waals surface area (Å²) in [5, 5.41) is 0. The standard InChI is InChI=1S/C31H44N2O2/c1-3-4-20-33(31(34)23-26-8-6-5-7-9-26)28-18-21-32(22-19-28)24-27-12-16-30(17-13-27)35-29-14-10-25(2)11-15-29/h10-17,26,28H,3-9,18-24H2,1-2H3. The van der Waals surface area contributed by atoms with Gasteiger partial charge < -0.3 is 9.64 Å². The molecule has 1 aliphatic heterocycles. The average molecular weight is 477 g/mol. The Morgan fingerprint density at radius 2 is 1.54 bits per heavy atom. The molecule has 2 aliphatic rings. The maximum absolute atomic E-state index is 13.3. The number of piperidine rings is 1. The summed E-state index contributed by atoms with van der Waals surface area (Å²) in [7, 11) is 0. The van der Waals surface area contributed by atoms with Crippen molar-refractivity contribution < 1.29 is 9.53 Å². The second-order valence-electron chi connectivity index (χ2n) is 10.7. The smallest absolute Gasteiger partial charge is 0.223 e. The quantitative estimate of drug-likeness (QED) is 0.359. The van der Waals surface area contributed by atoms with Gasteiger partial charge in [0.1, 0.15) is 11.5 Å². The molecule has 190 valence electrons. The van der Waals surface area contributed by atoms with Gasteiger partial charge in [-0.05, 0) is 74.8 Å². The first-order valence-corrected chi connectivity index (χ1v) is 14.0. The maximum Gasteiger partial charge on any atom is 0.223 e. The fourth-order valence-electron chi connectivity index (χ4n) is 5.65. The number of ether oxygens (including phenoxy) is 1. The van der Waals surface area contributed by atoms with E-state index in [0.29, 0.717) is 17.9 Å². The zero-order valence-electron chi connectivity index (χ0n) is 21.9. The van der Waals surface area contributed by atoms with Crippen molar-refractivity contribution in [3.05, 3.63) is 59.7 Å². The summed E-state index contributed by atoms with van der Waals surface area (Å²) < 4.78 is 5.98. The van der Waals surface area contributed by atoms with Crippen LogP contribution in [0.2, 0.25) is 0 Å². The molecule has 2 fully saturated rings. The Morgan fingerprint density at radius 3 is 2.17 bits per heavy atom. The summed E-state index contributed by atoms with van der Waals surface area (Å²) in [4.78, 5) is 18.1. The third-order valence-electron chi connectivity index (χ3n) is 7.85. The molecule has 0 N–H and O–H groups in total. The molecule has 0 aromatic heterocycles. The van der Waals surface area contributed by atoms with E-state index in [4.69, 9.17) is 4.74 Å². The molecule has 0 spiro atoms. The lowest BCUT2D eigenvalue weighted by Gasteiger charge is -2.39. The molecule has 0 bridgehead atoms. The van der Waals surface area contributed by atoms with Crippen LogP contribution in [0.4, 0.5) is 0 Å². The number of likely N-dealkylation sites (tertiary alicyclic amines) is 1. The number of benzene rings is 2. The van der Waals surface area contributed by atoms with Crippen LogP contribution in [0.1, 0.15) is 82.3 Å². The molecule has 1 amide bonds. The molecule has 1 saturated heterocycles. The first-order valence-electron chi connectivity index (χ1n) is 14.0. The van der Waals surface area contributed by atoms with E-state index >= 15 is 0 Å². The Bertz CT molecular complexity index is 895. The largest absolute Gasteiger partial charge is 0.457 e. The van der Waals surface area contributed by atoms with Gasteiger partial charge in [0.25, 0.3) is 0 Å². The summed E-state index contributed by atoms with van der Waals surface area (Å²) in [6.07, 6.45) is 11.7. The van der Waals surface area contributed by atoms with E-state index in [1.807, 2.05) is 12.1 Å². The van der Waals surface area contributed by atoms with Gasteiger partial charge in [0.15, 0.2) is 0 Å². The minimum absolute atomic E-state index is 0.416. The van der Waals surface area contributed by atoms with Crippen molar-refractivity contribution in [2.24, 2.45) is 5.92 Å². The lowest BCUT2D eigenvalue weighted by Crippen LogP contribution is -2.48. The van der Waals surface area contributed by atoms with Gasteiger partial charge >= 0.3 is 0 Å². The number of amides is 1. The number of carbonyl (C=O) groups is 1. The van der Waals surface area contributed by atoms with Gasteiger partial charge in [0.05, 0.1) is 0 Å². The SMILES string of the molecule is CCCCN(C(=O)CC1CCCCC1)C1CCN(Cc2ccc(Oc3ccc(C)cc3)cc2)CC1. The van der Waals surface area contributed by atoms with E-state index in [9.17, 15) is 4.79 Å². The molecule has 2 aromatic carbocycles. The number of nitrogens with zero attached hydrogens (tertiary/aromatic N) is 2. The van der Waals surface area contributed by atoms with Crippen LogP contribution < -0.4 is 4.74 Å². The fraction of sp³-hybridized carbons (Fsp3) is 0.581. The number of aryl methyl sites for hydroxylation is 1. The van der Waals surface area contributed by atoms with Gasteiger partial charge in [-0.3, -0.25) is 9.69 Å². The molecule has 4 nitrogen and oxygen atoms in total. The number of hydrogen-bond acceptors (Lipinski definition) is 3.